The van der Waals surface area contributed by atoms with Crippen LogP contribution < -0.4 is 0 Å². The van der Waals surface area contributed by atoms with Gasteiger partial charge in [0.15, 0.2) is 5.69 Å². The number of aromatic nitrogens is 3. The van der Waals surface area contributed by atoms with Gasteiger partial charge in [-0.2, -0.15) is 0 Å². The topological polar surface area (TPSA) is 88.3 Å². The maximum absolute atomic E-state index is 12.5. The van der Waals surface area contributed by atoms with Gasteiger partial charge in [0.1, 0.15) is 0 Å². The molecule has 1 aromatic heterocycles. The number of hydrogen-bond acceptors (Lipinski definition) is 4. The summed E-state index contributed by atoms with van der Waals surface area (Å²) >= 11 is 0. The van der Waals surface area contributed by atoms with Gasteiger partial charge in [-0.3, -0.25) is 4.79 Å². The first-order valence-electron chi connectivity index (χ1n) is 7.74. The first-order valence-corrected chi connectivity index (χ1v) is 7.74. The smallest absolute Gasteiger partial charge is 0.358 e. The lowest BCUT2D eigenvalue weighted by Gasteiger charge is -2.34. The number of carboxylic acids is 1. The second-order valence-electron chi connectivity index (χ2n) is 5.93. The molecule has 1 fully saturated rings. The highest BCUT2D eigenvalue weighted by molar-refractivity contribution is 5.84. The molecule has 0 radical (unpaired) electrons. The van der Waals surface area contributed by atoms with E-state index in [0.29, 0.717) is 13.1 Å². The summed E-state index contributed by atoms with van der Waals surface area (Å²) in [6.07, 6.45) is 10.1. The van der Waals surface area contributed by atoms with E-state index < -0.39 is 5.97 Å². The van der Waals surface area contributed by atoms with Crippen LogP contribution >= 0.6 is 0 Å². The first-order chi connectivity index (χ1) is 10.6. The van der Waals surface area contributed by atoms with E-state index in [0.717, 1.165) is 32.1 Å². The first kappa shape index (κ1) is 14.7. The SMILES string of the molecule is O=C(O)c1cn(C2CCN(C(=O)C3CC=CCC3)CC2)nn1. The average molecular weight is 304 g/mol. The summed E-state index contributed by atoms with van der Waals surface area (Å²) in [4.78, 5) is 25.2. The number of carbonyl (C=O) groups is 2. The normalized spacial score (nSPS) is 22.7. The van der Waals surface area contributed by atoms with Crippen molar-refractivity contribution in [1.29, 1.82) is 0 Å². The van der Waals surface area contributed by atoms with Crippen molar-refractivity contribution in [3.8, 4) is 0 Å². The van der Waals surface area contributed by atoms with Crippen LogP contribution in [-0.4, -0.2) is 50.0 Å². The van der Waals surface area contributed by atoms with Crippen LogP contribution in [0.4, 0.5) is 0 Å². The largest absolute Gasteiger partial charge is 0.476 e. The second kappa shape index (κ2) is 6.29. The van der Waals surface area contributed by atoms with Crippen LogP contribution in [0.25, 0.3) is 0 Å². The van der Waals surface area contributed by atoms with Gasteiger partial charge in [-0.15, -0.1) is 5.10 Å². The number of carboxylic acid groups (broad SMARTS) is 1. The van der Waals surface area contributed by atoms with Gasteiger partial charge in [0.05, 0.1) is 12.2 Å². The quantitative estimate of drug-likeness (QED) is 0.855. The van der Waals surface area contributed by atoms with Gasteiger partial charge in [-0.1, -0.05) is 17.4 Å². The van der Waals surface area contributed by atoms with E-state index in [1.54, 1.807) is 4.68 Å². The molecule has 1 aromatic rings. The van der Waals surface area contributed by atoms with Crippen LogP contribution in [0.1, 0.15) is 48.6 Å². The van der Waals surface area contributed by atoms with Gasteiger partial charge >= 0.3 is 5.97 Å². The Labute approximate surface area is 128 Å². The Morgan fingerprint density at radius 1 is 1.18 bits per heavy atom. The zero-order chi connectivity index (χ0) is 15.5. The number of hydrogen-bond donors (Lipinski definition) is 1. The highest BCUT2D eigenvalue weighted by atomic mass is 16.4. The maximum atomic E-state index is 12.5. The number of amides is 1. The van der Waals surface area contributed by atoms with Crippen molar-refractivity contribution in [3.05, 3.63) is 24.0 Å². The fourth-order valence-electron chi connectivity index (χ4n) is 3.18. The molecule has 0 bridgehead atoms. The second-order valence-corrected chi connectivity index (χ2v) is 5.93. The van der Waals surface area contributed by atoms with E-state index >= 15 is 0 Å². The average Bonchev–Trinajstić information content (AvgIpc) is 3.05. The molecule has 1 unspecified atom stereocenters. The van der Waals surface area contributed by atoms with E-state index in [1.165, 1.54) is 6.20 Å². The maximum Gasteiger partial charge on any atom is 0.358 e. The van der Waals surface area contributed by atoms with E-state index in [-0.39, 0.29) is 23.6 Å². The molecule has 0 saturated carbocycles. The Morgan fingerprint density at radius 3 is 2.55 bits per heavy atom. The summed E-state index contributed by atoms with van der Waals surface area (Å²) in [5, 5.41) is 16.4. The Hall–Kier alpha value is -2.18. The molecule has 2 aliphatic rings. The van der Waals surface area contributed by atoms with Crippen molar-refractivity contribution in [3.63, 3.8) is 0 Å². The summed E-state index contributed by atoms with van der Waals surface area (Å²) in [6.45, 7) is 1.40. The lowest BCUT2D eigenvalue weighted by Crippen LogP contribution is -2.42. The van der Waals surface area contributed by atoms with E-state index in [2.05, 4.69) is 22.5 Å². The Balaban J connectivity index is 1.56. The molecule has 7 heteroatoms. The lowest BCUT2D eigenvalue weighted by molar-refractivity contribution is -0.137. The van der Waals surface area contributed by atoms with Crippen molar-refractivity contribution in [2.24, 2.45) is 5.92 Å². The summed E-state index contributed by atoms with van der Waals surface area (Å²) < 4.78 is 1.62. The van der Waals surface area contributed by atoms with Crippen molar-refractivity contribution < 1.29 is 14.7 Å². The molecule has 1 N–H and O–H groups in total. The molecule has 7 nitrogen and oxygen atoms in total. The van der Waals surface area contributed by atoms with Crippen molar-refractivity contribution >= 4 is 11.9 Å². The third kappa shape index (κ3) is 3.03. The van der Waals surface area contributed by atoms with Crippen LogP contribution in [-0.2, 0) is 4.79 Å². The molecule has 1 aliphatic carbocycles. The molecular formula is C15H20N4O3. The van der Waals surface area contributed by atoms with Crippen LogP contribution in [0.15, 0.2) is 18.3 Å². The van der Waals surface area contributed by atoms with E-state index in [4.69, 9.17) is 5.11 Å². The fraction of sp³-hybridized carbons (Fsp3) is 0.600. The van der Waals surface area contributed by atoms with Gasteiger partial charge in [-0.05, 0) is 32.1 Å². The predicted octanol–water partition coefficient (Wildman–Crippen LogP) is 1.50. The molecule has 118 valence electrons. The van der Waals surface area contributed by atoms with Crippen LogP contribution in [0.2, 0.25) is 0 Å². The molecule has 1 aliphatic heterocycles. The third-order valence-corrected chi connectivity index (χ3v) is 4.50. The van der Waals surface area contributed by atoms with Gasteiger partial charge < -0.3 is 10.0 Å². The van der Waals surface area contributed by atoms with Crippen molar-refractivity contribution in [1.82, 2.24) is 19.9 Å². The highest BCUT2D eigenvalue weighted by Crippen LogP contribution is 2.26. The number of carbonyl (C=O) groups excluding carboxylic acids is 1. The Morgan fingerprint density at radius 2 is 1.95 bits per heavy atom. The fourth-order valence-corrected chi connectivity index (χ4v) is 3.18. The van der Waals surface area contributed by atoms with E-state index in [1.807, 2.05) is 4.90 Å². The van der Waals surface area contributed by atoms with Crippen molar-refractivity contribution in [2.45, 2.75) is 38.1 Å². The highest BCUT2D eigenvalue weighted by Gasteiger charge is 2.29. The number of likely N-dealkylation sites (tertiary alicyclic amines) is 1. The number of nitrogens with zero attached hydrogens (tertiary/aromatic N) is 4. The Bertz CT molecular complexity index is 587. The minimum atomic E-state index is -1.07. The number of allylic oxidation sites excluding steroid dienone is 2. The van der Waals surface area contributed by atoms with Gasteiger partial charge in [-0.25, -0.2) is 9.48 Å². The monoisotopic (exact) mass is 304 g/mol. The molecule has 1 saturated heterocycles. The number of aromatic carboxylic acids is 1. The third-order valence-electron chi connectivity index (χ3n) is 4.50. The van der Waals surface area contributed by atoms with Gasteiger partial charge in [0, 0.05) is 19.0 Å². The molecule has 22 heavy (non-hydrogen) atoms. The minimum absolute atomic E-state index is 0.0347. The number of piperidine rings is 1. The molecular weight excluding hydrogens is 284 g/mol. The number of rotatable bonds is 3. The standard InChI is InChI=1S/C15H20N4O3/c20-14(11-4-2-1-3-5-11)18-8-6-12(7-9-18)19-10-13(15(21)22)16-17-19/h1-2,10-12H,3-9H2,(H,21,22). The summed E-state index contributed by atoms with van der Waals surface area (Å²) in [6, 6.07) is 0.121. The van der Waals surface area contributed by atoms with Crippen molar-refractivity contribution in [2.75, 3.05) is 13.1 Å². The predicted molar refractivity (Wildman–Crippen MR) is 78.3 cm³/mol. The molecule has 0 spiro atoms. The molecule has 2 heterocycles. The van der Waals surface area contributed by atoms with Crippen LogP contribution in [0.3, 0.4) is 0 Å². The minimum Gasteiger partial charge on any atom is -0.476 e. The molecule has 1 atom stereocenters. The summed E-state index contributed by atoms with van der Waals surface area (Å²) in [7, 11) is 0. The Kier molecular flexibility index (Phi) is 4.22. The van der Waals surface area contributed by atoms with Gasteiger partial charge in [0.25, 0.3) is 0 Å². The molecule has 3 rings (SSSR count). The molecule has 0 aromatic carbocycles. The van der Waals surface area contributed by atoms with Crippen LogP contribution in [0, 0.1) is 5.92 Å². The zero-order valence-corrected chi connectivity index (χ0v) is 12.4. The summed E-state index contributed by atoms with van der Waals surface area (Å²) in [5.41, 5.74) is -0.0347. The lowest BCUT2D eigenvalue weighted by atomic mass is 9.92. The molecule has 1 amide bonds. The zero-order valence-electron chi connectivity index (χ0n) is 12.4. The summed E-state index contributed by atoms with van der Waals surface area (Å²) in [5.74, 6) is -0.677. The van der Waals surface area contributed by atoms with E-state index in [9.17, 15) is 9.59 Å². The van der Waals surface area contributed by atoms with Gasteiger partial charge in [0.2, 0.25) is 5.91 Å². The van der Waals surface area contributed by atoms with Crippen LogP contribution in [0.5, 0.6) is 0 Å².